The Morgan fingerprint density at radius 1 is 1.36 bits per heavy atom. The van der Waals surface area contributed by atoms with Crippen LogP contribution in [0.4, 0.5) is 0 Å². The highest BCUT2D eigenvalue weighted by Crippen LogP contribution is 2.36. The van der Waals surface area contributed by atoms with E-state index in [9.17, 15) is 0 Å². The molecular weight excluding hydrogens is 172 g/mol. The van der Waals surface area contributed by atoms with Gasteiger partial charge in [0.1, 0.15) is 0 Å². The van der Waals surface area contributed by atoms with E-state index >= 15 is 0 Å². The van der Waals surface area contributed by atoms with Gasteiger partial charge in [0.25, 0.3) is 0 Å². The second kappa shape index (κ2) is 3.07. The lowest BCUT2D eigenvalue weighted by Gasteiger charge is -2.36. The monoisotopic (exact) mass is 188 g/mol. The number of nitrogens with one attached hydrogen (secondary N) is 1. The summed E-state index contributed by atoms with van der Waals surface area (Å²) in [7, 11) is 0. The average molecular weight is 188 g/mol. The number of rotatable bonds is 0. The number of hydrogen-bond donors (Lipinski definition) is 1. The minimum atomic E-state index is 0.590. The second-order valence-corrected chi connectivity index (χ2v) is 4.36. The third-order valence-electron chi connectivity index (χ3n) is 3.48. The SMILES string of the molecule is C[C@@H]1NCCN2Cc3ccccc3[C@H]12. The van der Waals surface area contributed by atoms with Crippen molar-refractivity contribution in [3.05, 3.63) is 35.4 Å². The maximum absolute atomic E-state index is 3.55. The maximum Gasteiger partial charge on any atom is 0.0505 e. The fourth-order valence-electron chi connectivity index (χ4n) is 2.83. The van der Waals surface area contributed by atoms with E-state index in [1.807, 2.05) is 0 Å². The van der Waals surface area contributed by atoms with Gasteiger partial charge in [-0.1, -0.05) is 24.3 Å². The van der Waals surface area contributed by atoms with Gasteiger partial charge >= 0.3 is 0 Å². The van der Waals surface area contributed by atoms with Crippen molar-refractivity contribution in [3.63, 3.8) is 0 Å². The lowest BCUT2D eigenvalue weighted by molar-refractivity contribution is 0.141. The summed E-state index contributed by atoms with van der Waals surface area (Å²) in [6.45, 7) is 5.75. The van der Waals surface area contributed by atoms with Crippen LogP contribution in [0.3, 0.4) is 0 Å². The molecule has 1 fully saturated rings. The van der Waals surface area contributed by atoms with Gasteiger partial charge in [-0.3, -0.25) is 4.90 Å². The minimum Gasteiger partial charge on any atom is -0.311 e. The molecule has 1 aromatic carbocycles. The molecule has 0 aliphatic carbocycles. The molecule has 14 heavy (non-hydrogen) atoms. The summed E-state index contributed by atoms with van der Waals surface area (Å²) >= 11 is 0. The minimum absolute atomic E-state index is 0.590. The Morgan fingerprint density at radius 3 is 3.14 bits per heavy atom. The number of hydrogen-bond acceptors (Lipinski definition) is 2. The standard InChI is InChI=1S/C12H16N2/c1-9-12-11-5-3-2-4-10(11)8-14(12)7-6-13-9/h2-5,9,12-13H,6-8H2,1H3/t9-,12-/m0/s1. The van der Waals surface area contributed by atoms with Crippen LogP contribution in [0.15, 0.2) is 24.3 Å². The van der Waals surface area contributed by atoms with Crippen molar-refractivity contribution in [2.75, 3.05) is 13.1 Å². The molecule has 0 radical (unpaired) electrons. The number of piperazine rings is 1. The third-order valence-corrected chi connectivity index (χ3v) is 3.48. The fraction of sp³-hybridized carbons (Fsp3) is 0.500. The normalized spacial score (nSPS) is 31.2. The second-order valence-electron chi connectivity index (χ2n) is 4.36. The zero-order valence-electron chi connectivity index (χ0n) is 8.53. The van der Waals surface area contributed by atoms with E-state index in [2.05, 4.69) is 41.4 Å². The topological polar surface area (TPSA) is 15.3 Å². The summed E-state index contributed by atoms with van der Waals surface area (Å²) in [5.74, 6) is 0. The average Bonchev–Trinajstić information content (AvgIpc) is 2.57. The van der Waals surface area contributed by atoms with Gasteiger partial charge in [-0.25, -0.2) is 0 Å². The van der Waals surface area contributed by atoms with E-state index in [0.717, 1.165) is 13.1 Å². The van der Waals surface area contributed by atoms with Crippen molar-refractivity contribution in [2.24, 2.45) is 0 Å². The largest absolute Gasteiger partial charge is 0.311 e. The first-order valence-electron chi connectivity index (χ1n) is 5.41. The summed E-state index contributed by atoms with van der Waals surface area (Å²) in [5.41, 5.74) is 3.06. The molecule has 2 heteroatoms. The van der Waals surface area contributed by atoms with Gasteiger partial charge in [0, 0.05) is 25.7 Å². The first-order chi connectivity index (χ1) is 6.86. The highest BCUT2D eigenvalue weighted by Gasteiger charge is 2.35. The Balaban J connectivity index is 2.03. The Hall–Kier alpha value is -0.860. The van der Waals surface area contributed by atoms with E-state index in [4.69, 9.17) is 0 Å². The number of benzene rings is 1. The summed E-state index contributed by atoms with van der Waals surface area (Å²) in [5, 5.41) is 3.55. The van der Waals surface area contributed by atoms with Gasteiger partial charge in [-0.05, 0) is 18.1 Å². The van der Waals surface area contributed by atoms with Crippen LogP contribution in [0.1, 0.15) is 24.1 Å². The van der Waals surface area contributed by atoms with Gasteiger partial charge in [0.15, 0.2) is 0 Å². The third kappa shape index (κ3) is 1.11. The fourth-order valence-corrected chi connectivity index (χ4v) is 2.83. The molecule has 2 aliphatic heterocycles. The number of fused-ring (bicyclic) bond motifs is 3. The maximum atomic E-state index is 3.55. The Labute approximate surface area is 84.9 Å². The van der Waals surface area contributed by atoms with E-state index in [1.165, 1.54) is 17.7 Å². The summed E-state index contributed by atoms with van der Waals surface area (Å²) < 4.78 is 0. The zero-order valence-corrected chi connectivity index (χ0v) is 8.53. The molecule has 2 atom stereocenters. The van der Waals surface area contributed by atoms with Gasteiger partial charge in [-0.15, -0.1) is 0 Å². The molecule has 0 amide bonds. The smallest absolute Gasteiger partial charge is 0.0505 e. The molecule has 0 saturated carbocycles. The first-order valence-corrected chi connectivity index (χ1v) is 5.41. The molecule has 1 saturated heterocycles. The Kier molecular flexibility index (Phi) is 1.85. The molecule has 1 N–H and O–H groups in total. The predicted octanol–water partition coefficient (Wildman–Crippen LogP) is 1.53. The van der Waals surface area contributed by atoms with Crippen LogP contribution in [-0.4, -0.2) is 24.0 Å². The number of nitrogens with zero attached hydrogens (tertiary/aromatic N) is 1. The van der Waals surface area contributed by atoms with Gasteiger partial charge < -0.3 is 5.32 Å². The van der Waals surface area contributed by atoms with Gasteiger partial charge in [0.2, 0.25) is 0 Å². The van der Waals surface area contributed by atoms with E-state index in [0.29, 0.717) is 12.1 Å². The van der Waals surface area contributed by atoms with Crippen LogP contribution in [0, 0.1) is 0 Å². The van der Waals surface area contributed by atoms with Crippen LogP contribution in [0.25, 0.3) is 0 Å². The molecule has 2 heterocycles. The predicted molar refractivity (Wildman–Crippen MR) is 57.1 cm³/mol. The van der Waals surface area contributed by atoms with Crippen molar-refractivity contribution < 1.29 is 0 Å². The molecule has 3 rings (SSSR count). The zero-order chi connectivity index (χ0) is 9.54. The van der Waals surface area contributed by atoms with Crippen molar-refractivity contribution in [2.45, 2.75) is 25.6 Å². The summed E-state index contributed by atoms with van der Waals surface area (Å²) in [4.78, 5) is 2.59. The van der Waals surface area contributed by atoms with E-state index in [1.54, 1.807) is 0 Å². The van der Waals surface area contributed by atoms with Crippen molar-refractivity contribution in [3.8, 4) is 0 Å². The molecule has 0 spiro atoms. The van der Waals surface area contributed by atoms with Crippen LogP contribution in [0.2, 0.25) is 0 Å². The van der Waals surface area contributed by atoms with Crippen LogP contribution < -0.4 is 5.32 Å². The molecule has 1 aromatic rings. The van der Waals surface area contributed by atoms with E-state index < -0.39 is 0 Å². The molecule has 0 aromatic heterocycles. The highest BCUT2D eigenvalue weighted by molar-refractivity contribution is 5.35. The Bertz CT molecular complexity index is 348. The van der Waals surface area contributed by atoms with Crippen LogP contribution in [-0.2, 0) is 6.54 Å². The summed E-state index contributed by atoms with van der Waals surface area (Å²) in [6, 6.07) is 10.1. The lowest BCUT2D eigenvalue weighted by atomic mass is 9.98. The Morgan fingerprint density at radius 2 is 2.21 bits per heavy atom. The van der Waals surface area contributed by atoms with Crippen molar-refractivity contribution >= 4 is 0 Å². The van der Waals surface area contributed by atoms with E-state index in [-0.39, 0.29) is 0 Å². The molecule has 74 valence electrons. The molecule has 0 unspecified atom stereocenters. The molecule has 2 aliphatic rings. The van der Waals surface area contributed by atoms with Crippen LogP contribution in [0.5, 0.6) is 0 Å². The van der Waals surface area contributed by atoms with Gasteiger partial charge in [0.05, 0.1) is 6.04 Å². The lowest BCUT2D eigenvalue weighted by Crippen LogP contribution is -2.48. The molecule has 2 nitrogen and oxygen atoms in total. The molecule has 0 bridgehead atoms. The van der Waals surface area contributed by atoms with Crippen LogP contribution >= 0.6 is 0 Å². The molecular formula is C12H16N2. The highest BCUT2D eigenvalue weighted by atomic mass is 15.2. The quantitative estimate of drug-likeness (QED) is 0.664. The summed E-state index contributed by atoms with van der Waals surface area (Å²) in [6.07, 6.45) is 0. The van der Waals surface area contributed by atoms with Crippen molar-refractivity contribution in [1.82, 2.24) is 10.2 Å². The first kappa shape index (κ1) is 8.45. The van der Waals surface area contributed by atoms with Crippen molar-refractivity contribution in [1.29, 1.82) is 0 Å². The van der Waals surface area contributed by atoms with Gasteiger partial charge in [-0.2, -0.15) is 0 Å².